The Morgan fingerprint density at radius 2 is 2.00 bits per heavy atom. The summed E-state index contributed by atoms with van der Waals surface area (Å²) in [5, 5.41) is 7.88. The number of benzene rings is 2. The van der Waals surface area contributed by atoms with Crippen LogP contribution in [0.1, 0.15) is 0 Å². The van der Waals surface area contributed by atoms with Crippen molar-refractivity contribution in [3.63, 3.8) is 0 Å². The van der Waals surface area contributed by atoms with Crippen molar-refractivity contribution < 1.29 is 9.53 Å². The Kier molecular flexibility index (Phi) is 3.09. The predicted molar refractivity (Wildman–Crippen MR) is 76.8 cm³/mol. The molecule has 0 unspecified atom stereocenters. The van der Waals surface area contributed by atoms with Crippen LogP contribution in [0.25, 0.3) is 10.9 Å². The lowest BCUT2D eigenvalue weighted by Gasteiger charge is -2.06. The van der Waals surface area contributed by atoms with Gasteiger partial charge in [0.2, 0.25) is 0 Å². The average molecular weight is 267 g/mol. The summed E-state index contributed by atoms with van der Waals surface area (Å²) in [6.45, 7) is 0. The number of nitrogens with zero attached hydrogens (tertiary/aromatic N) is 2. The maximum Gasteiger partial charge on any atom is 0.417 e. The smallest absolute Gasteiger partial charge is 0.410 e. The Morgan fingerprint density at radius 3 is 2.80 bits per heavy atom. The summed E-state index contributed by atoms with van der Waals surface area (Å²) in [6.07, 6.45) is 1.26. The molecule has 1 heterocycles. The molecule has 0 spiro atoms. The lowest BCUT2D eigenvalue weighted by Crippen LogP contribution is -2.16. The van der Waals surface area contributed by atoms with E-state index in [0.717, 1.165) is 10.9 Å². The number of carbonyl (C=O) groups excluding carboxylic acids is 1. The number of nitrogens with one attached hydrogen (secondary N) is 1. The fourth-order valence-electron chi connectivity index (χ4n) is 1.96. The van der Waals surface area contributed by atoms with Gasteiger partial charge in [-0.1, -0.05) is 18.2 Å². The number of ether oxygens (including phenoxy) is 1. The van der Waals surface area contributed by atoms with Crippen LogP contribution in [0.4, 0.5) is 10.5 Å². The Morgan fingerprint density at radius 1 is 1.20 bits per heavy atom. The molecule has 3 rings (SSSR count). The monoisotopic (exact) mass is 267 g/mol. The summed E-state index contributed by atoms with van der Waals surface area (Å²) >= 11 is 0. The minimum Gasteiger partial charge on any atom is -0.410 e. The summed E-state index contributed by atoms with van der Waals surface area (Å²) in [5.41, 5.74) is 1.62. The molecule has 0 radical (unpaired) electrons. The van der Waals surface area contributed by atoms with Crippen LogP contribution in [0.15, 0.2) is 54.7 Å². The van der Waals surface area contributed by atoms with Gasteiger partial charge in [0, 0.05) is 18.1 Å². The van der Waals surface area contributed by atoms with Gasteiger partial charge in [-0.25, -0.2) is 4.79 Å². The van der Waals surface area contributed by atoms with E-state index in [2.05, 4.69) is 10.4 Å². The second-order valence-corrected chi connectivity index (χ2v) is 4.37. The number of carbonyl (C=O) groups is 1. The molecule has 0 saturated heterocycles. The zero-order chi connectivity index (χ0) is 13.9. The van der Waals surface area contributed by atoms with Gasteiger partial charge in [0.05, 0.1) is 11.7 Å². The maximum atomic E-state index is 11.8. The van der Waals surface area contributed by atoms with Crippen LogP contribution in [0, 0.1) is 0 Å². The molecule has 0 atom stereocenters. The lowest BCUT2D eigenvalue weighted by molar-refractivity contribution is 0.215. The molecule has 1 aromatic heterocycles. The molecule has 0 aliphatic heterocycles. The second kappa shape index (κ2) is 5.05. The summed E-state index contributed by atoms with van der Waals surface area (Å²) in [7, 11) is 1.86. The number of anilines is 1. The van der Waals surface area contributed by atoms with Crippen LogP contribution in [0.5, 0.6) is 5.75 Å². The third kappa shape index (κ3) is 2.47. The van der Waals surface area contributed by atoms with Crippen LogP contribution in [0.3, 0.4) is 0 Å². The van der Waals surface area contributed by atoms with Gasteiger partial charge in [-0.15, -0.1) is 0 Å². The maximum absolute atomic E-state index is 11.8. The number of aryl methyl sites for hydroxylation is 1. The van der Waals surface area contributed by atoms with Crippen LogP contribution in [-0.2, 0) is 7.05 Å². The van der Waals surface area contributed by atoms with E-state index in [1.807, 2.05) is 43.4 Å². The van der Waals surface area contributed by atoms with Crippen molar-refractivity contribution >= 4 is 22.7 Å². The van der Waals surface area contributed by atoms with Gasteiger partial charge in [0.25, 0.3) is 0 Å². The van der Waals surface area contributed by atoms with Gasteiger partial charge >= 0.3 is 6.09 Å². The van der Waals surface area contributed by atoms with Crippen molar-refractivity contribution in [3.05, 3.63) is 54.7 Å². The molecule has 0 aliphatic carbocycles. The Labute approximate surface area is 115 Å². The second-order valence-electron chi connectivity index (χ2n) is 4.37. The molecular formula is C15H13N3O2. The number of para-hydroxylation sites is 1. The zero-order valence-corrected chi connectivity index (χ0v) is 10.9. The van der Waals surface area contributed by atoms with Crippen LogP contribution >= 0.6 is 0 Å². The van der Waals surface area contributed by atoms with Gasteiger partial charge < -0.3 is 4.74 Å². The van der Waals surface area contributed by atoms with Crippen molar-refractivity contribution in [1.82, 2.24) is 9.78 Å². The summed E-state index contributed by atoms with van der Waals surface area (Å²) < 4.78 is 6.92. The molecule has 0 bridgehead atoms. The Hall–Kier alpha value is -2.82. The van der Waals surface area contributed by atoms with E-state index in [9.17, 15) is 4.79 Å². The standard InChI is InChI=1S/C15H13N3O2/c1-18-14-9-12(8-7-11(14)10-16-18)17-15(19)20-13-5-3-2-4-6-13/h2-10H,1H3,(H,17,19). The predicted octanol–water partition coefficient (Wildman–Crippen LogP) is 3.18. The zero-order valence-electron chi connectivity index (χ0n) is 10.9. The number of aromatic nitrogens is 2. The van der Waals surface area contributed by atoms with Crippen molar-refractivity contribution in [2.45, 2.75) is 0 Å². The number of hydrogen-bond donors (Lipinski definition) is 1. The molecule has 0 saturated carbocycles. The highest BCUT2D eigenvalue weighted by atomic mass is 16.6. The third-order valence-corrected chi connectivity index (χ3v) is 2.95. The van der Waals surface area contributed by atoms with E-state index >= 15 is 0 Å². The average Bonchev–Trinajstić information content (AvgIpc) is 2.81. The fourth-order valence-corrected chi connectivity index (χ4v) is 1.96. The first-order chi connectivity index (χ1) is 9.72. The van der Waals surface area contributed by atoms with Crippen LogP contribution in [0.2, 0.25) is 0 Å². The number of amides is 1. The van der Waals surface area contributed by atoms with E-state index in [1.165, 1.54) is 0 Å². The molecule has 1 N–H and O–H groups in total. The first-order valence-corrected chi connectivity index (χ1v) is 6.18. The van der Waals surface area contributed by atoms with E-state index in [1.54, 1.807) is 23.0 Å². The molecule has 2 aromatic carbocycles. The molecule has 1 amide bonds. The minimum atomic E-state index is -0.516. The number of fused-ring (bicyclic) bond motifs is 1. The van der Waals surface area contributed by atoms with Gasteiger partial charge in [-0.05, 0) is 30.3 Å². The van der Waals surface area contributed by atoms with Gasteiger partial charge in [0.1, 0.15) is 5.75 Å². The van der Waals surface area contributed by atoms with Gasteiger partial charge in [-0.2, -0.15) is 5.10 Å². The fraction of sp³-hybridized carbons (Fsp3) is 0.0667. The minimum absolute atomic E-state index is 0.506. The molecule has 5 nitrogen and oxygen atoms in total. The highest BCUT2D eigenvalue weighted by Crippen LogP contribution is 2.18. The quantitative estimate of drug-likeness (QED) is 0.775. The normalized spacial score (nSPS) is 10.4. The van der Waals surface area contributed by atoms with Crippen molar-refractivity contribution in [2.75, 3.05) is 5.32 Å². The van der Waals surface area contributed by atoms with Crippen LogP contribution in [-0.4, -0.2) is 15.9 Å². The molecule has 0 fully saturated rings. The molecule has 20 heavy (non-hydrogen) atoms. The van der Waals surface area contributed by atoms with Crippen molar-refractivity contribution in [2.24, 2.45) is 7.05 Å². The highest BCUT2D eigenvalue weighted by Gasteiger charge is 2.06. The highest BCUT2D eigenvalue weighted by molar-refractivity contribution is 5.90. The first-order valence-electron chi connectivity index (χ1n) is 6.18. The molecule has 3 aromatic rings. The van der Waals surface area contributed by atoms with E-state index in [0.29, 0.717) is 11.4 Å². The summed E-state index contributed by atoms with van der Waals surface area (Å²) in [6, 6.07) is 14.5. The van der Waals surface area contributed by atoms with Crippen molar-refractivity contribution in [1.29, 1.82) is 0 Å². The number of hydrogen-bond acceptors (Lipinski definition) is 3. The third-order valence-electron chi connectivity index (χ3n) is 2.95. The largest absolute Gasteiger partial charge is 0.417 e. The molecule has 5 heteroatoms. The summed E-state index contributed by atoms with van der Waals surface area (Å²) in [5.74, 6) is 0.506. The molecular weight excluding hydrogens is 254 g/mol. The first kappa shape index (κ1) is 12.2. The van der Waals surface area contributed by atoms with E-state index in [-0.39, 0.29) is 0 Å². The van der Waals surface area contributed by atoms with E-state index in [4.69, 9.17) is 4.74 Å². The topological polar surface area (TPSA) is 56.2 Å². The van der Waals surface area contributed by atoms with Gasteiger partial charge in [-0.3, -0.25) is 10.00 Å². The van der Waals surface area contributed by atoms with Crippen LogP contribution < -0.4 is 10.1 Å². The molecule has 0 aliphatic rings. The number of rotatable bonds is 2. The Balaban J connectivity index is 1.75. The Bertz CT molecular complexity index is 750. The van der Waals surface area contributed by atoms with E-state index < -0.39 is 6.09 Å². The molecule has 100 valence electrons. The lowest BCUT2D eigenvalue weighted by atomic mass is 10.2. The van der Waals surface area contributed by atoms with Crippen molar-refractivity contribution in [3.8, 4) is 5.75 Å². The summed E-state index contributed by atoms with van der Waals surface area (Å²) in [4.78, 5) is 11.8. The SMILES string of the molecule is Cn1ncc2ccc(NC(=O)Oc3ccccc3)cc21. The van der Waals surface area contributed by atoms with Gasteiger partial charge in [0.15, 0.2) is 0 Å².